The Morgan fingerprint density at radius 2 is 1.25 bits per heavy atom. The van der Waals surface area contributed by atoms with Crippen molar-refractivity contribution >= 4 is 17.9 Å². The van der Waals surface area contributed by atoms with Crippen LogP contribution < -0.4 is 9.47 Å². The maximum absolute atomic E-state index is 12.5. The monoisotopic (exact) mass is 442 g/mol. The number of hydrogen-bond donors (Lipinski definition) is 0. The van der Waals surface area contributed by atoms with Crippen LogP contribution in [-0.2, 0) is 23.7 Å². The molecule has 0 radical (unpaired) electrons. The Morgan fingerprint density at radius 3 is 1.78 bits per heavy atom. The van der Waals surface area contributed by atoms with Crippen LogP contribution in [0.15, 0.2) is 48.5 Å². The molecule has 32 heavy (non-hydrogen) atoms. The third-order valence-electron chi connectivity index (χ3n) is 5.16. The topological polar surface area (TPSA) is 107 Å². The van der Waals surface area contributed by atoms with E-state index in [1.807, 2.05) is 0 Å². The van der Waals surface area contributed by atoms with Crippen molar-refractivity contribution in [2.45, 2.75) is 31.3 Å². The number of carbonyl (C=O) groups is 3. The van der Waals surface area contributed by atoms with Crippen molar-refractivity contribution in [1.29, 1.82) is 0 Å². The van der Waals surface area contributed by atoms with E-state index in [0.29, 0.717) is 11.3 Å². The zero-order valence-electron chi connectivity index (χ0n) is 17.5. The predicted octanol–water partition coefficient (Wildman–Crippen LogP) is 2.17. The van der Waals surface area contributed by atoms with Gasteiger partial charge in [0.2, 0.25) is 0 Å². The molecule has 0 amide bonds. The fraction of sp³-hybridized carbons (Fsp3) is 0.348. The van der Waals surface area contributed by atoms with Crippen molar-refractivity contribution < 1.29 is 42.8 Å². The summed E-state index contributed by atoms with van der Waals surface area (Å²) in [4.78, 5) is 36.0. The Kier molecular flexibility index (Phi) is 6.38. The van der Waals surface area contributed by atoms with Crippen LogP contribution in [0, 0.1) is 0 Å². The molecule has 2 aromatic rings. The maximum atomic E-state index is 12.5. The molecule has 2 unspecified atom stereocenters. The van der Waals surface area contributed by atoms with E-state index in [4.69, 9.17) is 28.4 Å². The molecule has 2 aliphatic heterocycles. The van der Waals surface area contributed by atoms with Crippen LogP contribution in [0.1, 0.15) is 27.6 Å². The maximum Gasteiger partial charge on any atom is 0.343 e. The summed E-state index contributed by atoms with van der Waals surface area (Å²) in [6.07, 6.45) is -2.08. The van der Waals surface area contributed by atoms with Crippen LogP contribution >= 0.6 is 0 Å². The van der Waals surface area contributed by atoms with Crippen LogP contribution in [0.2, 0.25) is 0 Å². The minimum atomic E-state index is -0.611. The van der Waals surface area contributed by atoms with E-state index in [2.05, 4.69) is 0 Å². The van der Waals surface area contributed by atoms with Crippen LogP contribution in [-0.4, -0.2) is 62.6 Å². The Balaban J connectivity index is 1.32. The average molecular weight is 442 g/mol. The molecule has 4 rings (SSSR count). The molecule has 9 heteroatoms. The van der Waals surface area contributed by atoms with Gasteiger partial charge in [-0.3, -0.25) is 4.79 Å². The van der Waals surface area contributed by atoms with Gasteiger partial charge in [-0.1, -0.05) is 0 Å². The number of rotatable bonds is 6. The second kappa shape index (κ2) is 9.37. The second-order valence-electron chi connectivity index (χ2n) is 7.33. The van der Waals surface area contributed by atoms with E-state index in [1.54, 1.807) is 31.4 Å². The van der Waals surface area contributed by atoms with E-state index in [0.717, 1.165) is 0 Å². The lowest BCUT2D eigenvalue weighted by atomic mass is 10.1. The van der Waals surface area contributed by atoms with Gasteiger partial charge in [-0.25, -0.2) is 9.59 Å². The molecule has 2 saturated heterocycles. The number of esters is 3. The molecule has 4 atom stereocenters. The highest BCUT2D eigenvalue weighted by Gasteiger charge is 2.51. The molecule has 2 fully saturated rings. The zero-order valence-corrected chi connectivity index (χ0v) is 17.5. The number of benzene rings is 2. The first kappa shape index (κ1) is 21.8. The average Bonchev–Trinajstić information content (AvgIpc) is 3.37. The van der Waals surface area contributed by atoms with Crippen LogP contribution in [0.4, 0.5) is 0 Å². The largest absolute Gasteiger partial charge is 0.497 e. The van der Waals surface area contributed by atoms with E-state index in [9.17, 15) is 14.4 Å². The van der Waals surface area contributed by atoms with E-state index < -0.39 is 42.3 Å². The summed E-state index contributed by atoms with van der Waals surface area (Å²) >= 11 is 0. The molecule has 2 aromatic carbocycles. The molecule has 2 aliphatic rings. The Hall–Kier alpha value is -3.43. The van der Waals surface area contributed by atoms with Gasteiger partial charge in [-0.05, 0) is 48.5 Å². The van der Waals surface area contributed by atoms with Gasteiger partial charge in [-0.15, -0.1) is 0 Å². The molecular weight excluding hydrogens is 420 g/mol. The van der Waals surface area contributed by atoms with Gasteiger partial charge in [0.05, 0.1) is 31.5 Å². The molecule has 0 saturated carbocycles. The fourth-order valence-corrected chi connectivity index (χ4v) is 3.60. The second-order valence-corrected chi connectivity index (χ2v) is 7.33. The van der Waals surface area contributed by atoms with Gasteiger partial charge in [0.1, 0.15) is 23.7 Å². The smallest absolute Gasteiger partial charge is 0.343 e. The highest BCUT2D eigenvalue weighted by atomic mass is 16.7. The SMILES string of the molecule is COc1ccc(C(=O)Oc2ccc(C(=O)O[C@H]3COC4C3OC[C@@H]4OC(C)=O)cc2)cc1. The van der Waals surface area contributed by atoms with Crippen molar-refractivity contribution in [3.63, 3.8) is 0 Å². The number of hydrogen-bond acceptors (Lipinski definition) is 9. The molecule has 2 heterocycles. The van der Waals surface area contributed by atoms with Gasteiger partial charge in [0, 0.05) is 6.92 Å². The summed E-state index contributed by atoms with van der Waals surface area (Å²) in [6, 6.07) is 12.5. The van der Waals surface area contributed by atoms with Crippen LogP contribution in [0.25, 0.3) is 0 Å². The first-order valence-corrected chi connectivity index (χ1v) is 10.0. The highest BCUT2D eigenvalue weighted by molar-refractivity contribution is 5.92. The van der Waals surface area contributed by atoms with E-state index in [1.165, 1.54) is 31.2 Å². The lowest BCUT2D eigenvalue weighted by Crippen LogP contribution is -2.35. The van der Waals surface area contributed by atoms with Crippen LogP contribution in [0.3, 0.4) is 0 Å². The van der Waals surface area contributed by atoms with Crippen molar-refractivity contribution in [3.8, 4) is 11.5 Å². The summed E-state index contributed by atoms with van der Waals surface area (Å²) in [7, 11) is 1.54. The lowest BCUT2D eigenvalue weighted by Gasteiger charge is -2.17. The number of carbonyl (C=O) groups excluding carboxylic acids is 3. The first-order valence-electron chi connectivity index (χ1n) is 10.0. The van der Waals surface area contributed by atoms with Crippen molar-refractivity contribution in [2.75, 3.05) is 20.3 Å². The molecule has 0 bridgehead atoms. The summed E-state index contributed by atoms with van der Waals surface area (Å²) in [5.41, 5.74) is 0.654. The van der Waals surface area contributed by atoms with Crippen molar-refractivity contribution in [2.24, 2.45) is 0 Å². The molecule has 168 valence electrons. The molecule has 0 N–H and O–H groups in total. The summed E-state index contributed by atoms with van der Waals surface area (Å²) in [5, 5.41) is 0. The molecule has 0 aromatic heterocycles. The minimum Gasteiger partial charge on any atom is -0.497 e. The van der Waals surface area contributed by atoms with Crippen molar-refractivity contribution in [3.05, 3.63) is 59.7 Å². The summed E-state index contributed by atoms with van der Waals surface area (Å²) in [6.45, 7) is 1.66. The van der Waals surface area contributed by atoms with E-state index in [-0.39, 0.29) is 24.5 Å². The number of fused-ring (bicyclic) bond motifs is 1. The predicted molar refractivity (Wildman–Crippen MR) is 109 cm³/mol. The van der Waals surface area contributed by atoms with E-state index >= 15 is 0 Å². The highest BCUT2D eigenvalue weighted by Crippen LogP contribution is 2.31. The van der Waals surface area contributed by atoms with Gasteiger partial charge in [-0.2, -0.15) is 0 Å². The normalized spacial score (nSPS) is 23.8. The Bertz CT molecular complexity index is 984. The first-order chi connectivity index (χ1) is 15.4. The third-order valence-corrected chi connectivity index (χ3v) is 5.16. The van der Waals surface area contributed by atoms with Gasteiger partial charge < -0.3 is 28.4 Å². The van der Waals surface area contributed by atoms with Gasteiger partial charge in [0.25, 0.3) is 0 Å². The number of methoxy groups -OCH3 is 1. The summed E-state index contributed by atoms with van der Waals surface area (Å²) < 4.78 is 32.3. The third kappa shape index (κ3) is 4.74. The molecular formula is C23H22O9. The fourth-order valence-electron chi connectivity index (χ4n) is 3.60. The quantitative estimate of drug-likeness (QED) is 0.491. The molecule has 9 nitrogen and oxygen atoms in total. The summed E-state index contributed by atoms with van der Waals surface area (Å²) in [5.74, 6) is -0.594. The van der Waals surface area contributed by atoms with Gasteiger partial charge >= 0.3 is 17.9 Å². The molecule has 0 aliphatic carbocycles. The number of ether oxygens (including phenoxy) is 6. The minimum absolute atomic E-state index is 0.149. The molecule has 0 spiro atoms. The lowest BCUT2D eigenvalue weighted by molar-refractivity contribution is -0.151. The van der Waals surface area contributed by atoms with Crippen molar-refractivity contribution in [1.82, 2.24) is 0 Å². The zero-order chi connectivity index (χ0) is 22.7. The Morgan fingerprint density at radius 1 is 0.750 bits per heavy atom. The van der Waals surface area contributed by atoms with Gasteiger partial charge in [0.15, 0.2) is 12.2 Å². The Labute approximate surface area is 184 Å². The van der Waals surface area contributed by atoms with Crippen LogP contribution in [0.5, 0.6) is 11.5 Å². The standard InChI is InChI=1S/C23H22O9/c1-13(24)30-18-11-28-21-19(12-29-20(18)21)32-23(26)15-5-9-17(10-6-15)31-22(25)14-3-7-16(27-2)8-4-14/h3-10,18-21H,11-12H2,1-2H3/t18-,19-,20?,21?/m0/s1.